The maximum absolute atomic E-state index is 13.6. The molecule has 0 aliphatic heterocycles. The molecule has 0 radical (unpaired) electrons. The Morgan fingerprint density at radius 1 is 1.11 bits per heavy atom. The Kier molecular flexibility index (Phi) is 3.50. The molecule has 100 valence electrons. The summed E-state index contributed by atoms with van der Waals surface area (Å²) in [7, 11) is 0. The van der Waals surface area contributed by atoms with Gasteiger partial charge in [0.05, 0.1) is 0 Å². The number of halogens is 1. The van der Waals surface area contributed by atoms with Crippen LogP contribution in [0.4, 0.5) is 4.39 Å². The highest BCUT2D eigenvalue weighted by atomic mass is 19.1. The smallest absolute Gasteiger partial charge is 0.162 e. The number of benzene rings is 1. The molecule has 2 aliphatic rings. The first kappa shape index (κ1) is 12.6. The topological polar surface area (TPSA) is 17.1 Å². The summed E-state index contributed by atoms with van der Waals surface area (Å²) in [5, 5.41) is 0. The number of ketones is 1. The second-order valence-corrected chi connectivity index (χ2v) is 5.75. The van der Waals surface area contributed by atoms with Gasteiger partial charge >= 0.3 is 0 Å². The molecule has 0 heterocycles. The highest BCUT2D eigenvalue weighted by Gasteiger charge is 2.36. The Labute approximate surface area is 113 Å². The standard InChI is InChI=1S/C17H19FO/c18-16-8-4-3-7-13(16)11-14-9-10-15(17(14)19)12-5-1-2-6-12/h3-4,7-8,11-12,15H,1-2,5-6,9-10H2/b14-11+. The zero-order valence-corrected chi connectivity index (χ0v) is 11.1. The molecule has 1 aromatic carbocycles. The van der Waals surface area contributed by atoms with Crippen LogP contribution >= 0.6 is 0 Å². The third kappa shape index (κ3) is 2.49. The number of allylic oxidation sites excluding steroid dienone is 1. The van der Waals surface area contributed by atoms with Gasteiger partial charge in [-0.05, 0) is 49.3 Å². The van der Waals surface area contributed by atoms with Gasteiger partial charge in [-0.2, -0.15) is 0 Å². The molecule has 0 bridgehead atoms. The van der Waals surface area contributed by atoms with E-state index in [-0.39, 0.29) is 17.5 Å². The SMILES string of the molecule is O=C1/C(=C/c2ccccc2F)CCC1C1CCCC1. The van der Waals surface area contributed by atoms with Crippen molar-refractivity contribution in [2.75, 3.05) is 0 Å². The molecule has 0 amide bonds. The predicted molar refractivity (Wildman–Crippen MR) is 74.1 cm³/mol. The van der Waals surface area contributed by atoms with Gasteiger partial charge in [-0.25, -0.2) is 4.39 Å². The molecule has 0 spiro atoms. The van der Waals surface area contributed by atoms with Crippen molar-refractivity contribution in [1.29, 1.82) is 0 Å². The van der Waals surface area contributed by atoms with Crippen LogP contribution in [0.5, 0.6) is 0 Å². The highest BCUT2D eigenvalue weighted by molar-refractivity contribution is 6.03. The van der Waals surface area contributed by atoms with Gasteiger partial charge in [0.15, 0.2) is 5.78 Å². The number of rotatable bonds is 2. The van der Waals surface area contributed by atoms with Crippen molar-refractivity contribution in [3.05, 3.63) is 41.2 Å². The molecule has 1 atom stereocenters. The Bertz CT molecular complexity index is 512. The van der Waals surface area contributed by atoms with E-state index in [0.29, 0.717) is 11.5 Å². The lowest BCUT2D eigenvalue weighted by molar-refractivity contribution is -0.119. The molecular weight excluding hydrogens is 239 g/mol. The number of hydrogen-bond donors (Lipinski definition) is 0. The highest BCUT2D eigenvalue weighted by Crippen LogP contribution is 2.40. The van der Waals surface area contributed by atoms with E-state index in [1.54, 1.807) is 18.2 Å². The van der Waals surface area contributed by atoms with Gasteiger partial charge in [-0.3, -0.25) is 4.79 Å². The van der Waals surface area contributed by atoms with E-state index in [1.807, 2.05) is 6.07 Å². The number of carbonyl (C=O) groups excluding carboxylic acids is 1. The minimum absolute atomic E-state index is 0.209. The van der Waals surface area contributed by atoms with Crippen LogP contribution < -0.4 is 0 Å². The second kappa shape index (κ2) is 5.28. The van der Waals surface area contributed by atoms with E-state index in [1.165, 1.54) is 31.7 Å². The van der Waals surface area contributed by atoms with Crippen LogP contribution in [0.25, 0.3) is 6.08 Å². The fourth-order valence-electron chi connectivity index (χ4n) is 3.54. The molecule has 0 N–H and O–H groups in total. The first-order valence-electron chi connectivity index (χ1n) is 7.25. The van der Waals surface area contributed by atoms with Gasteiger partial charge < -0.3 is 0 Å². The van der Waals surface area contributed by atoms with Gasteiger partial charge in [-0.15, -0.1) is 0 Å². The molecule has 2 saturated carbocycles. The molecule has 1 aromatic rings. The maximum Gasteiger partial charge on any atom is 0.162 e. The van der Waals surface area contributed by atoms with E-state index in [9.17, 15) is 9.18 Å². The third-order valence-corrected chi connectivity index (χ3v) is 4.58. The van der Waals surface area contributed by atoms with E-state index >= 15 is 0 Å². The van der Waals surface area contributed by atoms with Crippen LogP contribution in [0.2, 0.25) is 0 Å². The van der Waals surface area contributed by atoms with E-state index < -0.39 is 0 Å². The molecule has 1 unspecified atom stereocenters. The molecule has 2 fully saturated rings. The van der Waals surface area contributed by atoms with Crippen LogP contribution in [0.3, 0.4) is 0 Å². The lowest BCUT2D eigenvalue weighted by Crippen LogP contribution is -2.16. The van der Waals surface area contributed by atoms with Gasteiger partial charge in [0.1, 0.15) is 5.82 Å². The summed E-state index contributed by atoms with van der Waals surface area (Å²) in [5.74, 6) is 0.821. The van der Waals surface area contributed by atoms with Crippen LogP contribution in [0.1, 0.15) is 44.1 Å². The largest absolute Gasteiger partial charge is 0.294 e. The normalized spacial score (nSPS) is 26.5. The Morgan fingerprint density at radius 3 is 2.58 bits per heavy atom. The molecule has 19 heavy (non-hydrogen) atoms. The summed E-state index contributed by atoms with van der Waals surface area (Å²) in [6, 6.07) is 6.66. The average molecular weight is 258 g/mol. The number of carbonyl (C=O) groups is 1. The predicted octanol–water partition coefficient (Wildman–Crippen LogP) is 4.38. The van der Waals surface area contributed by atoms with Crippen molar-refractivity contribution in [3.8, 4) is 0 Å². The summed E-state index contributed by atoms with van der Waals surface area (Å²) in [6.45, 7) is 0. The molecule has 1 nitrogen and oxygen atoms in total. The summed E-state index contributed by atoms with van der Waals surface area (Å²) < 4.78 is 13.6. The molecule has 0 saturated heterocycles. The van der Waals surface area contributed by atoms with E-state index in [4.69, 9.17) is 0 Å². The Hall–Kier alpha value is -1.44. The summed E-state index contributed by atoms with van der Waals surface area (Å²) in [4.78, 5) is 12.4. The van der Waals surface area contributed by atoms with Gasteiger partial charge in [0.25, 0.3) is 0 Å². The van der Waals surface area contributed by atoms with Crippen molar-refractivity contribution in [3.63, 3.8) is 0 Å². The monoisotopic (exact) mass is 258 g/mol. The molecule has 2 heteroatoms. The first-order valence-corrected chi connectivity index (χ1v) is 7.25. The van der Waals surface area contributed by atoms with Crippen molar-refractivity contribution >= 4 is 11.9 Å². The van der Waals surface area contributed by atoms with Gasteiger partial charge in [0.2, 0.25) is 0 Å². The fraction of sp³-hybridized carbons (Fsp3) is 0.471. The van der Waals surface area contributed by atoms with Crippen molar-refractivity contribution in [1.82, 2.24) is 0 Å². The number of Topliss-reactive ketones (excluding diaryl/α,β-unsaturated/α-hetero) is 1. The van der Waals surface area contributed by atoms with Crippen LogP contribution in [-0.2, 0) is 4.79 Å². The van der Waals surface area contributed by atoms with Crippen molar-refractivity contribution in [2.45, 2.75) is 38.5 Å². The summed E-state index contributed by atoms with van der Waals surface area (Å²) in [5.41, 5.74) is 1.36. The van der Waals surface area contributed by atoms with Crippen molar-refractivity contribution < 1.29 is 9.18 Å². The molecule has 0 aromatic heterocycles. The summed E-state index contributed by atoms with van der Waals surface area (Å²) >= 11 is 0. The Morgan fingerprint density at radius 2 is 1.84 bits per heavy atom. The van der Waals surface area contributed by atoms with Crippen molar-refractivity contribution in [2.24, 2.45) is 11.8 Å². The first-order chi connectivity index (χ1) is 9.25. The minimum Gasteiger partial charge on any atom is -0.294 e. The lowest BCUT2D eigenvalue weighted by atomic mass is 9.88. The molecule has 2 aliphatic carbocycles. The van der Waals surface area contributed by atoms with Gasteiger partial charge in [-0.1, -0.05) is 31.0 Å². The molecule has 3 rings (SSSR count). The Balaban J connectivity index is 1.80. The van der Waals surface area contributed by atoms with Gasteiger partial charge in [0, 0.05) is 11.5 Å². The minimum atomic E-state index is -0.243. The molecular formula is C17H19FO. The quantitative estimate of drug-likeness (QED) is 0.719. The third-order valence-electron chi connectivity index (χ3n) is 4.58. The van der Waals surface area contributed by atoms with E-state index in [2.05, 4.69) is 0 Å². The van der Waals surface area contributed by atoms with E-state index in [0.717, 1.165) is 18.4 Å². The maximum atomic E-state index is 13.6. The zero-order chi connectivity index (χ0) is 13.2. The fourth-order valence-corrected chi connectivity index (χ4v) is 3.54. The second-order valence-electron chi connectivity index (χ2n) is 5.75. The summed E-state index contributed by atoms with van der Waals surface area (Å²) in [6.07, 6.45) is 8.46. The van der Waals surface area contributed by atoms with Crippen LogP contribution in [0.15, 0.2) is 29.8 Å². The average Bonchev–Trinajstić information content (AvgIpc) is 3.03. The van der Waals surface area contributed by atoms with Crippen LogP contribution in [0, 0.1) is 17.7 Å². The van der Waals surface area contributed by atoms with Crippen LogP contribution in [-0.4, -0.2) is 5.78 Å². The number of hydrogen-bond acceptors (Lipinski definition) is 1. The zero-order valence-electron chi connectivity index (χ0n) is 11.1. The lowest BCUT2D eigenvalue weighted by Gasteiger charge is -2.15.